The van der Waals surface area contributed by atoms with E-state index in [1.54, 1.807) is 12.1 Å². The molecule has 1 aliphatic heterocycles. The molecule has 0 unspecified atom stereocenters. The van der Waals surface area contributed by atoms with Crippen LogP contribution in [-0.4, -0.2) is 23.4 Å². The van der Waals surface area contributed by atoms with Crippen LogP contribution in [0.25, 0.3) is 16.6 Å². The van der Waals surface area contributed by atoms with Gasteiger partial charge in [-0.15, -0.1) is 0 Å². The molecule has 0 saturated heterocycles. The van der Waals surface area contributed by atoms with Gasteiger partial charge in [-0.2, -0.15) is 0 Å². The number of carbonyl (C=O) groups is 2. The first-order valence-corrected chi connectivity index (χ1v) is 11.7. The van der Waals surface area contributed by atoms with Crippen LogP contribution in [0.4, 0.5) is 4.39 Å². The van der Waals surface area contributed by atoms with E-state index in [0.29, 0.717) is 29.0 Å². The zero-order valence-corrected chi connectivity index (χ0v) is 19.8. The van der Waals surface area contributed by atoms with E-state index in [9.17, 15) is 14.0 Å². The van der Waals surface area contributed by atoms with Gasteiger partial charge in [0.15, 0.2) is 5.78 Å². The number of hydrogen-bond acceptors (Lipinski definition) is 4. The molecule has 0 radical (unpaired) electrons. The number of ether oxygens (including phenoxy) is 1. The van der Waals surface area contributed by atoms with Crippen LogP contribution in [-0.2, 0) is 16.1 Å². The minimum atomic E-state index is -0.604. The number of benzene rings is 3. The molecule has 1 aliphatic carbocycles. The Balaban J connectivity index is 1.57. The number of aromatic nitrogens is 1. The molecule has 0 spiro atoms. The van der Waals surface area contributed by atoms with Gasteiger partial charge >= 0.3 is 5.97 Å². The number of dihydropyridines is 1. The quantitative estimate of drug-likeness (QED) is 0.390. The second-order valence-corrected chi connectivity index (χ2v) is 9.11. The number of hydrogen-bond donors (Lipinski definition) is 1. The van der Waals surface area contributed by atoms with E-state index in [2.05, 4.69) is 9.88 Å². The lowest BCUT2D eigenvalue weighted by atomic mass is 9.79. The van der Waals surface area contributed by atoms with Gasteiger partial charge in [-0.25, -0.2) is 9.18 Å². The van der Waals surface area contributed by atoms with E-state index < -0.39 is 11.9 Å². The van der Waals surface area contributed by atoms with Gasteiger partial charge in [0.2, 0.25) is 0 Å². The fourth-order valence-electron chi connectivity index (χ4n) is 5.44. The Hall–Kier alpha value is -4.45. The summed E-state index contributed by atoms with van der Waals surface area (Å²) in [5, 5.41) is 4.27. The zero-order valence-electron chi connectivity index (χ0n) is 19.8. The minimum absolute atomic E-state index is 0.0950. The number of halogens is 1. The molecule has 0 saturated carbocycles. The van der Waals surface area contributed by atoms with Crippen molar-refractivity contribution in [2.45, 2.75) is 19.4 Å². The van der Waals surface area contributed by atoms with Gasteiger partial charge in [0.05, 0.1) is 24.3 Å². The third kappa shape index (κ3) is 3.29. The summed E-state index contributed by atoms with van der Waals surface area (Å²) < 4.78 is 20.8. The molecule has 2 aliphatic rings. The largest absolute Gasteiger partial charge is 0.466 e. The fraction of sp³-hybridized carbons (Fsp3) is 0.133. The summed E-state index contributed by atoms with van der Waals surface area (Å²) in [5.74, 6) is -1.46. The maximum Gasteiger partial charge on any atom is 0.336 e. The van der Waals surface area contributed by atoms with E-state index in [-0.39, 0.29) is 11.6 Å². The smallest absolute Gasteiger partial charge is 0.336 e. The van der Waals surface area contributed by atoms with Crippen LogP contribution >= 0.6 is 0 Å². The Bertz CT molecular complexity index is 1630. The van der Waals surface area contributed by atoms with Crippen molar-refractivity contribution in [2.24, 2.45) is 0 Å². The molecule has 2 heterocycles. The van der Waals surface area contributed by atoms with Gasteiger partial charge in [0.1, 0.15) is 5.82 Å². The first-order valence-electron chi connectivity index (χ1n) is 11.7. The molecule has 6 rings (SSSR count). The molecular weight excluding hydrogens is 455 g/mol. The molecule has 4 aromatic rings. The topological polar surface area (TPSA) is 60.3 Å². The molecule has 36 heavy (non-hydrogen) atoms. The molecule has 0 amide bonds. The van der Waals surface area contributed by atoms with Crippen LogP contribution in [0.5, 0.6) is 0 Å². The number of para-hydroxylation sites is 1. The number of Topliss-reactive ketones (excluding diaryl/α,β-unsaturated/α-hetero) is 1. The van der Waals surface area contributed by atoms with Crippen molar-refractivity contribution in [3.05, 3.63) is 124 Å². The average molecular weight is 479 g/mol. The fourth-order valence-corrected chi connectivity index (χ4v) is 5.44. The van der Waals surface area contributed by atoms with Crippen molar-refractivity contribution < 1.29 is 18.7 Å². The van der Waals surface area contributed by atoms with E-state index >= 15 is 0 Å². The first-order chi connectivity index (χ1) is 17.5. The van der Waals surface area contributed by atoms with Gasteiger partial charge in [-0.05, 0) is 36.2 Å². The summed E-state index contributed by atoms with van der Waals surface area (Å²) in [4.78, 5) is 26.8. The summed E-state index contributed by atoms with van der Waals surface area (Å²) in [6.45, 7) is 2.36. The lowest BCUT2D eigenvalue weighted by molar-refractivity contribution is -0.136. The maximum atomic E-state index is 13.7. The van der Waals surface area contributed by atoms with E-state index in [4.69, 9.17) is 4.74 Å². The molecule has 5 nitrogen and oxygen atoms in total. The predicted octanol–water partition coefficient (Wildman–Crippen LogP) is 5.57. The van der Waals surface area contributed by atoms with Crippen molar-refractivity contribution >= 4 is 28.4 Å². The summed E-state index contributed by atoms with van der Waals surface area (Å²) in [7, 11) is 1.35. The molecule has 1 atom stereocenters. The van der Waals surface area contributed by atoms with Crippen molar-refractivity contribution in [3.8, 4) is 0 Å². The first kappa shape index (κ1) is 22.0. The Morgan fingerprint density at radius 3 is 2.44 bits per heavy atom. The molecule has 0 fully saturated rings. The van der Waals surface area contributed by atoms with Crippen molar-refractivity contribution in [1.29, 1.82) is 0 Å². The van der Waals surface area contributed by atoms with Crippen LogP contribution < -0.4 is 5.32 Å². The van der Waals surface area contributed by atoms with E-state index in [1.165, 1.54) is 19.2 Å². The summed E-state index contributed by atoms with van der Waals surface area (Å²) in [6.07, 6.45) is 2.00. The van der Waals surface area contributed by atoms with Crippen LogP contribution in [0.1, 0.15) is 39.9 Å². The number of rotatable bonds is 4. The van der Waals surface area contributed by atoms with Gasteiger partial charge in [0.25, 0.3) is 0 Å². The second kappa shape index (κ2) is 8.34. The average Bonchev–Trinajstić information content (AvgIpc) is 3.39. The number of methoxy groups -OCH3 is 1. The Kier molecular flexibility index (Phi) is 5.11. The van der Waals surface area contributed by atoms with Crippen LogP contribution in [0.15, 0.2) is 95.8 Å². The van der Waals surface area contributed by atoms with Crippen LogP contribution in [0, 0.1) is 5.82 Å². The molecule has 178 valence electrons. The van der Waals surface area contributed by atoms with E-state index in [0.717, 1.165) is 33.3 Å². The van der Waals surface area contributed by atoms with Gasteiger partial charge in [-0.3, -0.25) is 4.79 Å². The number of nitrogens with zero attached hydrogens (tertiary/aromatic N) is 1. The third-order valence-electron chi connectivity index (χ3n) is 7.05. The van der Waals surface area contributed by atoms with Crippen LogP contribution in [0.2, 0.25) is 0 Å². The molecule has 0 bridgehead atoms. The molecule has 6 heteroatoms. The minimum Gasteiger partial charge on any atom is -0.466 e. The van der Waals surface area contributed by atoms with Crippen molar-refractivity contribution in [1.82, 2.24) is 9.88 Å². The highest BCUT2D eigenvalue weighted by Crippen LogP contribution is 2.48. The highest BCUT2D eigenvalue weighted by Gasteiger charge is 2.43. The summed E-state index contributed by atoms with van der Waals surface area (Å²) >= 11 is 0. The molecule has 1 aromatic heterocycles. The summed E-state index contributed by atoms with van der Waals surface area (Å²) in [5.41, 5.74) is 6.57. The normalized spacial score (nSPS) is 16.8. The monoisotopic (exact) mass is 478 g/mol. The van der Waals surface area contributed by atoms with Crippen molar-refractivity contribution in [2.75, 3.05) is 7.11 Å². The molecule has 1 N–H and O–H groups in total. The number of fused-ring (bicyclic) bond motifs is 3. The number of ketones is 1. The highest BCUT2D eigenvalue weighted by atomic mass is 19.1. The van der Waals surface area contributed by atoms with Crippen LogP contribution in [0.3, 0.4) is 0 Å². The Morgan fingerprint density at radius 1 is 1.00 bits per heavy atom. The highest BCUT2D eigenvalue weighted by molar-refractivity contribution is 6.23. The standard InChI is InChI=1S/C30H23FN2O3/c1-17-25(30(35)36-2)26(27-28(32-17)21-8-3-4-9-22(21)29(27)34)23-16-33(24-10-6-5-7-20(23)24)15-18-11-13-19(31)14-12-18/h3-14,16,26,32H,15H2,1-2H3/t26-/m1/s1. The van der Waals surface area contributed by atoms with Gasteiger partial charge < -0.3 is 14.6 Å². The van der Waals surface area contributed by atoms with Gasteiger partial charge in [-0.1, -0.05) is 54.6 Å². The number of nitrogens with one attached hydrogen (secondary N) is 1. The van der Waals surface area contributed by atoms with E-state index in [1.807, 2.05) is 61.7 Å². The summed E-state index contributed by atoms with van der Waals surface area (Å²) in [6, 6.07) is 21.8. The predicted molar refractivity (Wildman–Crippen MR) is 136 cm³/mol. The number of esters is 1. The zero-order chi connectivity index (χ0) is 25.0. The lowest BCUT2D eigenvalue weighted by Crippen LogP contribution is -2.29. The molecule has 3 aromatic carbocycles. The maximum absolute atomic E-state index is 13.7. The Morgan fingerprint density at radius 2 is 1.69 bits per heavy atom. The third-order valence-corrected chi connectivity index (χ3v) is 7.05. The number of carbonyl (C=O) groups excluding carboxylic acids is 2. The van der Waals surface area contributed by atoms with Gasteiger partial charge in [0, 0.05) is 46.0 Å². The Labute approximate surface area is 207 Å². The molecular formula is C30H23FN2O3. The number of allylic oxidation sites excluding steroid dienone is 2. The second-order valence-electron chi connectivity index (χ2n) is 9.11. The van der Waals surface area contributed by atoms with Crippen molar-refractivity contribution in [3.63, 3.8) is 0 Å². The lowest BCUT2D eigenvalue weighted by Gasteiger charge is -2.28. The SMILES string of the molecule is COC(=O)C1=C(C)NC2=C(C(=O)c3ccccc32)[C@@H]1c1cn(Cc2ccc(F)cc2)c2ccccc12.